The summed E-state index contributed by atoms with van der Waals surface area (Å²) in [6.07, 6.45) is 11.9. The molecule has 0 spiro atoms. The summed E-state index contributed by atoms with van der Waals surface area (Å²) >= 11 is 10.1. The summed E-state index contributed by atoms with van der Waals surface area (Å²) < 4.78 is 8.22. The number of aromatic nitrogens is 1. The maximum absolute atomic E-state index is 9.62. The maximum atomic E-state index is 9.62. The first-order valence-corrected chi connectivity index (χ1v) is 11.9. The minimum Gasteiger partial charge on any atom is -0.490 e. The average molecular weight is 441 g/mol. The van der Waals surface area contributed by atoms with E-state index in [-0.39, 0.29) is 0 Å². The first kappa shape index (κ1) is 22.6. The highest BCUT2D eigenvalue weighted by Gasteiger charge is 2.17. The zero-order chi connectivity index (χ0) is 21.5. The van der Waals surface area contributed by atoms with Crippen LogP contribution in [0, 0.1) is 11.3 Å². The molecular formula is C25H29ClN2OS. The molecule has 0 aliphatic heterocycles. The summed E-state index contributed by atoms with van der Waals surface area (Å²) in [7, 11) is 0. The van der Waals surface area contributed by atoms with E-state index in [1.807, 2.05) is 24.4 Å². The van der Waals surface area contributed by atoms with E-state index in [1.54, 1.807) is 6.26 Å². The van der Waals surface area contributed by atoms with E-state index in [0.29, 0.717) is 16.7 Å². The Kier molecular flexibility index (Phi) is 8.13. The van der Waals surface area contributed by atoms with Crippen molar-refractivity contribution in [3.8, 4) is 17.5 Å². The number of hydrogen-bond donors (Lipinski definition) is 1. The second-order valence-electron chi connectivity index (χ2n) is 7.60. The van der Waals surface area contributed by atoms with Crippen LogP contribution in [0.15, 0.2) is 42.6 Å². The third-order valence-corrected chi connectivity index (χ3v) is 5.96. The fourth-order valence-electron chi connectivity index (χ4n) is 4.09. The molecule has 1 aliphatic carbocycles. The van der Waals surface area contributed by atoms with Gasteiger partial charge in [0.05, 0.1) is 23.3 Å². The van der Waals surface area contributed by atoms with Crippen LogP contribution in [0.1, 0.15) is 56.6 Å². The van der Waals surface area contributed by atoms with Crippen LogP contribution in [-0.2, 0) is 6.42 Å². The largest absolute Gasteiger partial charge is 0.490 e. The molecule has 1 fully saturated rings. The van der Waals surface area contributed by atoms with Gasteiger partial charge in [-0.1, -0.05) is 24.9 Å². The van der Waals surface area contributed by atoms with Crippen molar-refractivity contribution in [2.45, 2.75) is 58.0 Å². The van der Waals surface area contributed by atoms with E-state index in [2.05, 4.69) is 48.4 Å². The van der Waals surface area contributed by atoms with E-state index < -0.39 is 0 Å². The zero-order valence-electron chi connectivity index (χ0n) is 17.7. The highest BCUT2D eigenvalue weighted by molar-refractivity contribution is 7.79. The van der Waals surface area contributed by atoms with Gasteiger partial charge in [-0.25, -0.2) is 0 Å². The first-order valence-electron chi connectivity index (χ1n) is 10.6. The van der Waals surface area contributed by atoms with Crippen LogP contribution >= 0.6 is 24.2 Å². The number of rotatable bonds is 6. The molecule has 1 aliphatic rings. The molecule has 0 saturated heterocycles. The van der Waals surface area contributed by atoms with Crippen LogP contribution in [0.4, 0.5) is 0 Å². The number of thiol groups is 1. The lowest BCUT2D eigenvalue weighted by molar-refractivity contribution is 0.210. The highest BCUT2D eigenvalue weighted by atomic mass is 35.5. The summed E-state index contributed by atoms with van der Waals surface area (Å²) in [6, 6.07) is 14.6. The van der Waals surface area contributed by atoms with E-state index in [1.165, 1.54) is 12.8 Å². The Morgan fingerprint density at radius 3 is 2.63 bits per heavy atom. The molecule has 30 heavy (non-hydrogen) atoms. The number of hydrogen-bond acceptors (Lipinski definition) is 3. The molecule has 3 aromatic rings. The summed E-state index contributed by atoms with van der Waals surface area (Å²) in [5, 5.41) is 11.4. The van der Waals surface area contributed by atoms with Crippen LogP contribution in [-0.4, -0.2) is 16.9 Å². The summed E-state index contributed by atoms with van der Waals surface area (Å²) in [6.45, 7) is 2.14. The Bertz CT molecular complexity index is 1030. The van der Waals surface area contributed by atoms with Crippen molar-refractivity contribution >= 4 is 35.1 Å². The molecule has 3 nitrogen and oxygen atoms in total. The molecule has 0 N–H and O–H groups in total. The molecule has 5 heteroatoms. The van der Waals surface area contributed by atoms with Gasteiger partial charge in [0, 0.05) is 22.3 Å². The van der Waals surface area contributed by atoms with Crippen LogP contribution in [0.5, 0.6) is 5.75 Å². The monoisotopic (exact) mass is 440 g/mol. The molecule has 0 radical (unpaired) electrons. The number of unbranched alkanes of at least 4 members (excludes halogenated alkanes) is 1. The van der Waals surface area contributed by atoms with Crippen LogP contribution < -0.4 is 4.74 Å². The molecule has 2 aromatic carbocycles. The quantitative estimate of drug-likeness (QED) is 0.406. The average Bonchev–Trinajstić information content (AvgIpc) is 3.43. The lowest BCUT2D eigenvalue weighted by Crippen LogP contribution is -2.10. The van der Waals surface area contributed by atoms with Gasteiger partial charge in [-0.15, -0.1) is 0 Å². The highest BCUT2D eigenvalue weighted by Crippen LogP contribution is 2.31. The second-order valence-corrected chi connectivity index (χ2v) is 8.01. The van der Waals surface area contributed by atoms with Gasteiger partial charge in [0.25, 0.3) is 0 Å². The van der Waals surface area contributed by atoms with Gasteiger partial charge in [0.2, 0.25) is 0 Å². The van der Waals surface area contributed by atoms with Gasteiger partial charge in [-0.3, -0.25) is 0 Å². The summed E-state index contributed by atoms with van der Waals surface area (Å²) in [4.78, 5) is 0. The predicted molar refractivity (Wildman–Crippen MR) is 129 cm³/mol. The number of benzene rings is 2. The van der Waals surface area contributed by atoms with Gasteiger partial charge in [0.1, 0.15) is 5.75 Å². The van der Waals surface area contributed by atoms with Gasteiger partial charge in [-0.05, 0) is 86.7 Å². The molecule has 4 rings (SSSR count). The minimum absolute atomic E-state index is 0.354. The molecule has 1 saturated carbocycles. The van der Waals surface area contributed by atoms with Crippen molar-refractivity contribution in [2.24, 2.45) is 0 Å². The SMILES string of the molecule is CCCCc1c(Cl)cc(-n2ccc3cc(OC4CCCC4)ccc32)cc1C#N.CS. The molecule has 0 unspecified atom stereocenters. The van der Waals surface area contributed by atoms with E-state index in [0.717, 1.165) is 60.0 Å². The van der Waals surface area contributed by atoms with Crippen LogP contribution in [0.25, 0.3) is 16.6 Å². The Balaban J connectivity index is 0.00000124. The predicted octanol–water partition coefficient (Wildman–Crippen LogP) is 7.37. The molecule has 1 aromatic heterocycles. The number of fused-ring (bicyclic) bond motifs is 1. The minimum atomic E-state index is 0.354. The Labute approximate surface area is 190 Å². The van der Waals surface area contributed by atoms with Crippen LogP contribution in [0.2, 0.25) is 5.02 Å². The zero-order valence-corrected chi connectivity index (χ0v) is 19.3. The number of ether oxygens (including phenoxy) is 1. The number of halogens is 1. The Morgan fingerprint density at radius 1 is 1.17 bits per heavy atom. The third-order valence-electron chi connectivity index (χ3n) is 5.63. The standard InChI is InChI=1S/C24H25ClN2O.CH4S/c1-2-3-8-22-18(16-26)13-19(15-23(22)25)27-12-11-17-14-21(9-10-24(17)27)28-20-6-4-5-7-20;1-2/h9-15,20H,2-8H2,1H3;2H,1H3. The van der Waals surface area contributed by atoms with E-state index >= 15 is 0 Å². The maximum Gasteiger partial charge on any atom is 0.120 e. The molecule has 158 valence electrons. The molecule has 0 amide bonds. The van der Waals surface area contributed by atoms with E-state index in [9.17, 15) is 5.26 Å². The smallest absolute Gasteiger partial charge is 0.120 e. The summed E-state index contributed by atoms with van der Waals surface area (Å²) in [5.74, 6) is 0.933. The number of nitriles is 1. The molecule has 0 atom stereocenters. The normalized spacial score (nSPS) is 13.7. The van der Waals surface area contributed by atoms with Gasteiger partial charge < -0.3 is 9.30 Å². The first-order chi connectivity index (χ1) is 14.7. The lowest BCUT2D eigenvalue weighted by Gasteiger charge is -2.14. The van der Waals surface area contributed by atoms with Crippen molar-refractivity contribution in [3.63, 3.8) is 0 Å². The fourth-order valence-corrected chi connectivity index (χ4v) is 4.39. The summed E-state index contributed by atoms with van der Waals surface area (Å²) in [5.41, 5.74) is 3.62. The van der Waals surface area contributed by atoms with Crippen molar-refractivity contribution in [2.75, 3.05) is 6.26 Å². The molecule has 1 heterocycles. The second kappa shape index (κ2) is 10.8. The van der Waals surface area contributed by atoms with Gasteiger partial charge in [0.15, 0.2) is 0 Å². The topological polar surface area (TPSA) is 38.0 Å². The van der Waals surface area contributed by atoms with Gasteiger partial charge >= 0.3 is 0 Å². The third kappa shape index (κ3) is 4.96. The Hall–Kier alpha value is -2.09. The van der Waals surface area contributed by atoms with Crippen molar-refractivity contribution in [1.82, 2.24) is 4.57 Å². The van der Waals surface area contributed by atoms with Crippen molar-refractivity contribution in [3.05, 3.63) is 58.7 Å². The van der Waals surface area contributed by atoms with E-state index in [4.69, 9.17) is 16.3 Å². The molecular weight excluding hydrogens is 412 g/mol. The fraction of sp³-hybridized carbons (Fsp3) is 0.400. The Morgan fingerprint density at radius 2 is 1.93 bits per heavy atom. The van der Waals surface area contributed by atoms with Crippen molar-refractivity contribution < 1.29 is 4.74 Å². The number of nitrogens with zero attached hydrogens (tertiary/aromatic N) is 2. The lowest BCUT2D eigenvalue weighted by atomic mass is 10.0. The molecule has 0 bridgehead atoms. The van der Waals surface area contributed by atoms with Crippen molar-refractivity contribution in [1.29, 1.82) is 5.26 Å². The van der Waals surface area contributed by atoms with Crippen LogP contribution in [0.3, 0.4) is 0 Å². The van der Waals surface area contributed by atoms with Gasteiger partial charge in [-0.2, -0.15) is 17.9 Å².